The van der Waals surface area contributed by atoms with Crippen LogP contribution in [0.15, 0.2) is 18.2 Å². The first kappa shape index (κ1) is 9.47. The zero-order valence-electron chi connectivity index (χ0n) is 7.28. The van der Waals surface area contributed by atoms with Gasteiger partial charge in [0.2, 0.25) is 0 Å². The van der Waals surface area contributed by atoms with Gasteiger partial charge in [-0.25, -0.2) is 0 Å². The Labute approximate surface area is 75.7 Å². The van der Waals surface area contributed by atoms with Gasteiger partial charge in [-0.2, -0.15) is 0 Å². The van der Waals surface area contributed by atoms with Gasteiger partial charge in [-0.05, 0) is 18.7 Å². The van der Waals surface area contributed by atoms with Crippen LogP contribution >= 0.6 is 0 Å². The van der Waals surface area contributed by atoms with Crippen molar-refractivity contribution in [3.8, 4) is 0 Å². The number of anilines is 1. The lowest BCUT2D eigenvalue weighted by Gasteiger charge is -2.03. The fourth-order valence-electron chi connectivity index (χ4n) is 1.05. The molecule has 0 aliphatic rings. The van der Waals surface area contributed by atoms with E-state index < -0.39 is 4.92 Å². The minimum Gasteiger partial charge on any atom is -0.398 e. The minimum atomic E-state index is -0.459. The molecule has 0 unspecified atom stereocenters. The van der Waals surface area contributed by atoms with E-state index in [0.29, 0.717) is 12.2 Å². The summed E-state index contributed by atoms with van der Waals surface area (Å²) >= 11 is 0. The minimum absolute atomic E-state index is 0.0253. The summed E-state index contributed by atoms with van der Waals surface area (Å²) in [5.41, 5.74) is 6.94. The molecule has 0 aromatic heterocycles. The molecular weight excluding hydrogens is 170 g/mol. The van der Waals surface area contributed by atoms with Gasteiger partial charge in [0.15, 0.2) is 0 Å². The number of hydrogen-bond acceptors (Lipinski definition) is 4. The Kier molecular flexibility index (Phi) is 2.81. The Hall–Kier alpha value is -1.62. The van der Waals surface area contributed by atoms with Crippen LogP contribution in [-0.4, -0.2) is 12.0 Å². The van der Waals surface area contributed by atoms with E-state index in [1.165, 1.54) is 12.1 Å². The van der Waals surface area contributed by atoms with E-state index in [4.69, 9.17) is 5.73 Å². The van der Waals surface area contributed by atoms with Crippen LogP contribution < -0.4 is 11.1 Å². The first-order chi connectivity index (χ1) is 6.15. The topological polar surface area (TPSA) is 81.2 Å². The number of hydrogen-bond donors (Lipinski definition) is 2. The average molecular weight is 181 g/mol. The Morgan fingerprint density at radius 3 is 2.77 bits per heavy atom. The van der Waals surface area contributed by atoms with Crippen molar-refractivity contribution in [1.82, 2.24) is 5.32 Å². The summed E-state index contributed by atoms with van der Waals surface area (Å²) in [5.74, 6) is 0. The van der Waals surface area contributed by atoms with Crippen molar-refractivity contribution in [3.05, 3.63) is 33.9 Å². The van der Waals surface area contributed by atoms with Crippen LogP contribution in [0.5, 0.6) is 0 Å². The zero-order chi connectivity index (χ0) is 9.84. The van der Waals surface area contributed by atoms with Gasteiger partial charge < -0.3 is 11.1 Å². The molecule has 0 saturated heterocycles. The van der Waals surface area contributed by atoms with Gasteiger partial charge in [0.25, 0.3) is 5.69 Å². The van der Waals surface area contributed by atoms with Gasteiger partial charge in [0.1, 0.15) is 0 Å². The van der Waals surface area contributed by atoms with Crippen molar-refractivity contribution in [1.29, 1.82) is 0 Å². The third kappa shape index (κ3) is 2.16. The predicted octanol–water partition coefficient (Wildman–Crippen LogP) is 0.896. The van der Waals surface area contributed by atoms with Crippen LogP contribution in [0.3, 0.4) is 0 Å². The van der Waals surface area contributed by atoms with Crippen LogP contribution in [0.1, 0.15) is 5.56 Å². The highest BCUT2D eigenvalue weighted by Gasteiger charge is 2.07. The summed E-state index contributed by atoms with van der Waals surface area (Å²) in [5, 5.41) is 13.3. The van der Waals surface area contributed by atoms with Crippen LogP contribution in [-0.2, 0) is 6.54 Å². The molecule has 0 saturated carbocycles. The molecule has 70 valence electrons. The fourth-order valence-corrected chi connectivity index (χ4v) is 1.05. The van der Waals surface area contributed by atoms with E-state index in [9.17, 15) is 10.1 Å². The van der Waals surface area contributed by atoms with Gasteiger partial charge >= 0.3 is 0 Å². The maximum absolute atomic E-state index is 10.4. The molecular formula is C8H11N3O2. The smallest absolute Gasteiger partial charge is 0.271 e. The molecule has 0 atom stereocenters. The number of nitrogens with two attached hydrogens (primary N) is 1. The molecule has 0 amide bonds. The maximum Gasteiger partial charge on any atom is 0.271 e. The summed E-state index contributed by atoms with van der Waals surface area (Å²) in [6.07, 6.45) is 0. The fraction of sp³-hybridized carbons (Fsp3) is 0.250. The second-order valence-corrected chi connectivity index (χ2v) is 2.67. The molecule has 1 rings (SSSR count). The number of nitrogens with zero attached hydrogens (tertiary/aromatic N) is 1. The second-order valence-electron chi connectivity index (χ2n) is 2.67. The number of rotatable bonds is 3. The number of benzene rings is 1. The largest absolute Gasteiger partial charge is 0.398 e. The lowest BCUT2D eigenvalue weighted by atomic mass is 10.1. The molecule has 0 fully saturated rings. The van der Waals surface area contributed by atoms with Crippen molar-refractivity contribution >= 4 is 11.4 Å². The normalized spacial score (nSPS) is 9.92. The average Bonchev–Trinajstić information content (AvgIpc) is 2.08. The Morgan fingerprint density at radius 2 is 2.31 bits per heavy atom. The molecule has 0 aliphatic heterocycles. The molecule has 5 heteroatoms. The van der Waals surface area contributed by atoms with Crippen LogP contribution in [0, 0.1) is 10.1 Å². The number of nitrogen functional groups attached to an aromatic ring is 1. The predicted molar refractivity (Wildman–Crippen MR) is 50.3 cm³/mol. The SMILES string of the molecule is CNCc1ccc([N+](=O)[O-])cc1N. The van der Waals surface area contributed by atoms with Gasteiger partial charge in [0.05, 0.1) is 4.92 Å². The highest BCUT2D eigenvalue weighted by Crippen LogP contribution is 2.19. The molecule has 0 aliphatic carbocycles. The summed E-state index contributed by atoms with van der Waals surface area (Å²) in [7, 11) is 1.79. The molecule has 13 heavy (non-hydrogen) atoms. The second kappa shape index (κ2) is 3.86. The van der Waals surface area contributed by atoms with Crippen molar-refractivity contribution in [2.24, 2.45) is 0 Å². The molecule has 5 nitrogen and oxygen atoms in total. The number of nitrogens with one attached hydrogen (secondary N) is 1. The molecule has 0 spiro atoms. The van der Waals surface area contributed by atoms with E-state index >= 15 is 0 Å². The maximum atomic E-state index is 10.4. The van der Waals surface area contributed by atoms with E-state index in [2.05, 4.69) is 5.32 Å². The van der Waals surface area contributed by atoms with E-state index in [0.717, 1.165) is 5.56 Å². The molecule has 0 radical (unpaired) electrons. The molecule has 0 heterocycles. The van der Waals surface area contributed by atoms with E-state index in [-0.39, 0.29) is 5.69 Å². The molecule has 1 aromatic rings. The Balaban J connectivity index is 2.98. The lowest BCUT2D eigenvalue weighted by molar-refractivity contribution is -0.384. The Morgan fingerprint density at radius 1 is 1.62 bits per heavy atom. The third-order valence-electron chi connectivity index (χ3n) is 1.71. The molecule has 1 aromatic carbocycles. The quantitative estimate of drug-likeness (QED) is 0.412. The van der Waals surface area contributed by atoms with Crippen LogP contribution in [0.4, 0.5) is 11.4 Å². The van der Waals surface area contributed by atoms with Gasteiger partial charge in [-0.15, -0.1) is 0 Å². The van der Waals surface area contributed by atoms with Crippen LogP contribution in [0.25, 0.3) is 0 Å². The van der Waals surface area contributed by atoms with Crippen molar-refractivity contribution in [3.63, 3.8) is 0 Å². The van der Waals surface area contributed by atoms with Gasteiger partial charge in [0, 0.05) is 24.4 Å². The summed E-state index contributed by atoms with van der Waals surface area (Å²) in [6.45, 7) is 0.615. The van der Waals surface area contributed by atoms with E-state index in [1.807, 2.05) is 0 Å². The highest BCUT2D eigenvalue weighted by atomic mass is 16.6. The van der Waals surface area contributed by atoms with Gasteiger partial charge in [-0.1, -0.05) is 0 Å². The van der Waals surface area contributed by atoms with Crippen LogP contribution in [0.2, 0.25) is 0 Å². The molecule has 3 N–H and O–H groups in total. The number of non-ortho nitro benzene ring substituents is 1. The molecule has 0 bridgehead atoms. The van der Waals surface area contributed by atoms with Crippen molar-refractivity contribution in [2.45, 2.75) is 6.54 Å². The number of nitro benzene ring substituents is 1. The number of nitro groups is 1. The summed E-state index contributed by atoms with van der Waals surface area (Å²) in [6, 6.07) is 4.47. The van der Waals surface area contributed by atoms with E-state index in [1.54, 1.807) is 13.1 Å². The van der Waals surface area contributed by atoms with Crippen molar-refractivity contribution < 1.29 is 4.92 Å². The zero-order valence-corrected chi connectivity index (χ0v) is 7.28. The first-order valence-electron chi connectivity index (χ1n) is 3.82. The monoisotopic (exact) mass is 181 g/mol. The lowest BCUT2D eigenvalue weighted by Crippen LogP contribution is -2.07. The summed E-state index contributed by atoms with van der Waals surface area (Å²) in [4.78, 5) is 9.90. The Bertz CT molecular complexity index is 325. The first-order valence-corrected chi connectivity index (χ1v) is 3.82. The summed E-state index contributed by atoms with van der Waals surface area (Å²) < 4.78 is 0. The highest BCUT2D eigenvalue weighted by molar-refractivity contribution is 5.53. The third-order valence-corrected chi connectivity index (χ3v) is 1.71. The van der Waals surface area contributed by atoms with Crippen molar-refractivity contribution in [2.75, 3.05) is 12.8 Å². The van der Waals surface area contributed by atoms with Gasteiger partial charge in [-0.3, -0.25) is 10.1 Å². The standard InChI is InChI=1S/C8H11N3O2/c1-10-5-6-2-3-7(11(12)13)4-8(6)9/h2-4,10H,5,9H2,1H3.